The van der Waals surface area contributed by atoms with Crippen molar-refractivity contribution in [1.82, 2.24) is 14.7 Å². The van der Waals surface area contributed by atoms with Crippen LogP contribution in [0, 0.1) is 0 Å². The Kier molecular flexibility index (Phi) is 3.93. The molecule has 2 aromatic carbocycles. The number of likely N-dealkylation sites (N-methyl/N-ethyl adjacent to an activating group) is 1. The van der Waals surface area contributed by atoms with Crippen LogP contribution in [0.4, 0.5) is 5.69 Å². The van der Waals surface area contributed by atoms with Gasteiger partial charge in [0.05, 0.1) is 22.3 Å². The molecule has 0 unspecified atom stereocenters. The second-order valence-electron chi connectivity index (χ2n) is 6.12. The van der Waals surface area contributed by atoms with Crippen molar-refractivity contribution in [3.8, 4) is 0 Å². The van der Waals surface area contributed by atoms with E-state index in [1.165, 1.54) is 11.0 Å². The highest BCUT2D eigenvalue weighted by Crippen LogP contribution is 2.29. The fourth-order valence-electron chi connectivity index (χ4n) is 2.99. The molecule has 4 rings (SSSR count). The smallest absolute Gasteiger partial charge is 0.240 e. The Balaban J connectivity index is 1.55. The number of carbonyl (C=O) groups is 1. The number of carbonyl (C=O) groups excluding carboxylic acids is 1. The van der Waals surface area contributed by atoms with E-state index in [0.717, 1.165) is 22.3 Å². The van der Waals surface area contributed by atoms with E-state index in [1.54, 1.807) is 37.6 Å². The maximum absolute atomic E-state index is 12.6. The molecule has 7 nitrogen and oxygen atoms in total. The Hall–Kier alpha value is -2.84. The number of hydrogen-bond acceptors (Lipinski definition) is 5. The molecule has 1 N–H and O–H groups in total. The number of hydrogen-bond donors (Lipinski definition) is 1. The van der Waals surface area contributed by atoms with Crippen LogP contribution in [0.25, 0.3) is 11.0 Å². The van der Waals surface area contributed by atoms with Gasteiger partial charge in [-0.3, -0.25) is 14.8 Å². The van der Waals surface area contributed by atoms with Crippen LogP contribution in [0.3, 0.4) is 0 Å². The number of aromatic nitrogens is 2. The number of fused-ring (bicyclic) bond motifs is 2. The summed E-state index contributed by atoms with van der Waals surface area (Å²) in [5, 5.41) is 0. The van der Waals surface area contributed by atoms with Crippen LogP contribution in [0.15, 0.2) is 53.7 Å². The van der Waals surface area contributed by atoms with Gasteiger partial charge in [-0.2, -0.15) is 0 Å². The summed E-state index contributed by atoms with van der Waals surface area (Å²) in [5.74, 6) is -0.0419. The molecule has 0 saturated heterocycles. The average molecular weight is 368 g/mol. The summed E-state index contributed by atoms with van der Waals surface area (Å²) in [7, 11) is -2.00. The van der Waals surface area contributed by atoms with Gasteiger partial charge in [0.1, 0.15) is 0 Å². The highest BCUT2D eigenvalue weighted by molar-refractivity contribution is 7.89. The van der Waals surface area contributed by atoms with Gasteiger partial charge >= 0.3 is 0 Å². The van der Waals surface area contributed by atoms with Gasteiger partial charge in [-0.15, -0.1) is 0 Å². The van der Waals surface area contributed by atoms with Gasteiger partial charge in [0.25, 0.3) is 0 Å². The molecule has 0 aliphatic carbocycles. The lowest BCUT2D eigenvalue weighted by Gasteiger charge is -2.11. The molecule has 132 valence electrons. The maximum Gasteiger partial charge on any atom is 0.240 e. The molecule has 0 radical (unpaired) electrons. The normalized spacial score (nSPS) is 14.0. The van der Waals surface area contributed by atoms with Crippen LogP contribution in [-0.2, 0) is 27.8 Å². The largest absolute Gasteiger partial charge is 0.315 e. The van der Waals surface area contributed by atoms with Crippen LogP contribution in [0.5, 0.6) is 0 Å². The third-order valence-electron chi connectivity index (χ3n) is 4.44. The second kappa shape index (κ2) is 6.15. The fourth-order valence-corrected chi connectivity index (χ4v) is 4.06. The topological polar surface area (TPSA) is 92.3 Å². The molecule has 26 heavy (non-hydrogen) atoms. The summed E-state index contributed by atoms with van der Waals surface area (Å²) in [6, 6.07) is 10.2. The summed E-state index contributed by atoms with van der Waals surface area (Å²) >= 11 is 0. The molecule has 0 atom stereocenters. The van der Waals surface area contributed by atoms with Crippen molar-refractivity contribution in [3.05, 3.63) is 59.9 Å². The van der Waals surface area contributed by atoms with Gasteiger partial charge < -0.3 is 4.90 Å². The van der Waals surface area contributed by atoms with Crippen LogP contribution in [0.1, 0.15) is 11.1 Å². The average Bonchev–Trinajstić information content (AvgIpc) is 2.93. The van der Waals surface area contributed by atoms with E-state index in [9.17, 15) is 13.2 Å². The number of anilines is 1. The lowest BCUT2D eigenvalue weighted by molar-refractivity contribution is -0.117. The fraction of sp³-hybridized carbons (Fsp3) is 0.167. The maximum atomic E-state index is 12.6. The van der Waals surface area contributed by atoms with Gasteiger partial charge in [0.2, 0.25) is 15.9 Å². The molecule has 0 bridgehead atoms. The van der Waals surface area contributed by atoms with Crippen molar-refractivity contribution in [3.63, 3.8) is 0 Å². The van der Waals surface area contributed by atoms with E-state index < -0.39 is 10.0 Å². The summed E-state index contributed by atoms with van der Waals surface area (Å²) in [6.07, 6.45) is 3.43. The van der Waals surface area contributed by atoms with Gasteiger partial charge in [0, 0.05) is 31.7 Å². The number of sulfonamides is 1. The molecule has 1 amide bonds. The second-order valence-corrected chi connectivity index (χ2v) is 7.89. The minimum Gasteiger partial charge on any atom is -0.315 e. The minimum absolute atomic E-state index is 0.0419. The zero-order valence-corrected chi connectivity index (χ0v) is 14.8. The molecule has 2 heterocycles. The SMILES string of the molecule is CN1C(=O)Cc2cc(S(=O)(=O)NCc3ccc4nccnc4c3)ccc21. The van der Waals surface area contributed by atoms with E-state index in [-0.39, 0.29) is 23.8 Å². The van der Waals surface area contributed by atoms with Crippen LogP contribution >= 0.6 is 0 Å². The van der Waals surface area contributed by atoms with Gasteiger partial charge in [-0.25, -0.2) is 13.1 Å². The summed E-state index contributed by atoms with van der Waals surface area (Å²) in [5.41, 5.74) is 3.73. The molecule has 1 aliphatic rings. The summed E-state index contributed by atoms with van der Waals surface area (Å²) in [4.78, 5) is 21.9. The van der Waals surface area contributed by atoms with Crippen LogP contribution < -0.4 is 9.62 Å². The van der Waals surface area contributed by atoms with E-state index in [1.807, 2.05) is 12.1 Å². The first kappa shape index (κ1) is 16.6. The third kappa shape index (κ3) is 2.93. The van der Waals surface area contributed by atoms with E-state index in [4.69, 9.17) is 0 Å². The standard InChI is InChI=1S/C18H16N4O3S/c1-22-17-5-3-14(9-13(17)10-18(22)23)26(24,25)21-11-12-2-4-15-16(8-12)20-7-6-19-15/h2-9,21H,10-11H2,1H3. The Morgan fingerprint density at radius 2 is 1.85 bits per heavy atom. The zero-order valence-electron chi connectivity index (χ0n) is 14.0. The van der Waals surface area contributed by atoms with Crippen LogP contribution in [0.2, 0.25) is 0 Å². The van der Waals surface area contributed by atoms with Crippen molar-refractivity contribution in [2.24, 2.45) is 0 Å². The molecule has 8 heteroatoms. The monoisotopic (exact) mass is 368 g/mol. The minimum atomic E-state index is -3.68. The van der Waals surface area contributed by atoms with Crippen LogP contribution in [-0.4, -0.2) is 31.3 Å². The predicted molar refractivity (Wildman–Crippen MR) is 97.1 cm³/mol. The lowest BCUT2D eigenvalue weighted by atomic mass is 10.2. The molecular weight excluding hydrogens is 352 g/mol. The molecule has 1 aromatic heterocycles. The Morgan fingerprint density at radius 1 is 1.08 bits per heavy atom. The van der Waals surface area contributed by atoms with Crippen molar-refractivity contribution in [1.29, 1.82) is 0 Å². The highest BCUT2D eigenvalue weighted by Gasteiger charge is 2.26. The quantitative estimate of drug-likeness (QED) is 0.756. The van der Waals surface area contributed by atoms with Crippen molar-refractivity contribution >= 4 is 32.7 Å². The number of benzene rings is 2. The van der Waals surface area contributed by atoms with Gasteiger partial charge in [0.15, 0.2) is 0 Å². The summed E-state index contributed by atoms with van der Waals surface area (Å²) < 4.78 is 27.8. The van der Waals surface area contributed by atoms with Gasteiger partial charge in [-0.1, -0.05) is 6.07 Å². The number of nitrogens with one attached hydrogen (secondary N) is 1. The Morgan fingerprint density at radius 3 is 2.65 bits per heavy atom. The predicted octanol–water partition coefficient (Wildman–Crippen LogP) is 1.63. The lowest BCUT2D eigenvalue weighted by Crippen LogP contribution is -2.23. The molecular formula is C18H16N4O3S. The van der Waals surface area contributed by atoms with Crippen molar-refractivity contribution < 1.29 is 13.2 Å². The van der Waals surface area contributed by atoms with Crippen molar-refractivity contribution in [2.45, 2.75) is 17.9 Å². The first-order valence-electron chi connectivity index (χ1n) is 8.03. The Bertz CT molecular complexity index is 1130. The highest BCUT2D eigenvalue weighted by atomic mass is 32.2. The van der Waals surface area contributed by atoms with E-state index in [2.05, 4.69) is 14.7 Å². The van der Waals surface area contributed by atoms with E-state index in [0.29, 0.717) is 5.52 Å². The molecule has 0 fully saturated rings. The molecule has 0 spiro atoms. The Labute approximate surface area is 150 Å². The van der Waals surface area contributed by atoms with Crippen molar-refractivity contribution in [2.75, 3.05) is 11.9 Å². The summed E-state index contributed by atoms with van der Waals surface area (Å²) in [6.45, 7) is 0.144. The zero-order chi connectivity index (χ0) is 18.3. The van der Waals surface area contributed by atoms with E-state index >= 15 is 0 Å². The first-order valence-corrected chi connectivity index (χ1v) is 9.51. The molecule has 3 aromatic rings. The third-order valence-corrected chi connectivity index (χ3v) is 5.84. The number of amides is 1. The molecule has 1 aliphatic heterocycles. The number of rotatable bonds is 4. The van der Waals surface area contributed by atoms with Gasteiger partial charge in [-0.05, 0) is 41.5 Å². The first-order chi connectivity index (χ1) is 12.4. The number of nitrogens with zero attached hydrogens (tertiary/aromatic N) is 3. The molecule has 0 saturated carbocycles.